The normalized spacial score (nSPS) is 12.2. The molecule has 0 aliphatic heterocycles. The number of hydrogen-bond acceptors (Lipinski definition) is 3. The molecule has 0 radical (unpaired) electrons. The van der Waals surface area contributed by atoms with E-state index in [0.717, 1.165) is 11.1 Å². The Balaban J connectivity index is 2.53. The van der Waals surface area contributed by atoms with Gasteiger partial charge in [0.1, 0.15) is 0 Å². The summed E-state index contributed by atoms with van der Waals surface area (Å²) in [5, 5.41) is 0. The lowest BCUT2D eigenvalue weighted by Gasteiger charge is -2.19. The van der Waals surface area contributed by atoms with Crippen molar-refractivity contribution in [1.82, 2.24) is 4.90 Å². The van der Waals surface area contributed by atoms with Crippen molar-refractivity contribution in [2.45, 2.75) is 26.4 Å². The number of carbonyl (C=O) groups excluding carboxylic acids is 1. The van der Waals surface area contributed by atoms with Gasteiger partial charge in [0.15, 0.2) is 0 Å². The third kappa shape index (κ3) is 5.41. The van der Waals surface area contributed by atoms with E-state index in [4.69, 9.17) is 10.5 Å². The van der Waals surface area contributed by atoms with Crippen molar-refractivity contribution in [2.75, 3.05) is 20.8 Å². The van der Waals surface area contributed by atoms with E-state index < -0.39 is 0 Å². The maximum absolute atomic E-state index is 12.0. The summed E-state index contributed by atoms with van der Waals surface area (Å²) < 4.78 is 5.05. The minimum absolute atomic E-state index is 0.141. The van der Waals surface area contributed by atoms with E-state index in [-0.39, 0.29) is 11.8 Å². The maximum atomic E-state index is 12.0. The molecule has 0 spiro atoms. The highest BCUT2D eigenvalue weighted by atomic mass is 16.5. The second-order valence-corrected chi connectivity index (χ2v) is 5.04. The molecule has 0 aliphatic rings. The van der Waals surface area contributed by atoms with E-state index in [1.807, 2.05) is 38.2 Å². The van der Waals surface area contributed by atoms with Gasteiger partial charge in [-0.1, -0.05) is 31.2 Å². The molecule has 1 rings (SSSR count). The van der Waals surface area contributed by atoms with Gasteiger partial charge >= 0.3 is 0 Å². The van der Waals surface area contributed by atoms with Crippen molar-refractivity contribution >= 4 is 5.91 Å². The van der Waals surface area contributed by atoms with Gasteiger partial charge in [-0.05, 0) is 17.0 Å². The van der Waals surface area contributed by atoms with Crippen molar-refractivity contribution in [1.29, 1.82) is 0 Å². The third-order valence-corrected chi connectivity index (χ3v) is 3.05. The molecule has 0 heterocycles. The van der Waals surface area contributed by atoms with E-state index in [2.05, 4.69) is 0 Å². The molecule has 0 aromatic heterocycles. The predicted octanol–water partition coefficient (Wildman–Crippen LogP) is 1.78. The predicted molar refractivity (Wildman–Crippen MR) is 76.5 cm³/mol. The molecule has 1 unspecified atom stereocenters. The molecule has 0 saturated heterocycles. The Labute approximate surface area is 115 Å². The van der Waals surface area contributed by atoms with Crippen LogP contribution in [0.1, 0.15) is 24.5 Å². The number of hydrogen-bond donors (Lipinski definition) is 1. The number of ether oxygens (including phenoxy) is 1. The van der Waals surface area contributed by atoms with Crippen molar-refractivity contribution in [3.8, 4) is 0 Å². The summed E-state index contributed by atoms with van der Waals surface area (Å²) >= 11 is 0. The summed E-state index contributed by atoms with van der Waals surface area (Å²) in [6.45, 7) is 3.77. The van der Waals surface area contributed by atoms with Gasteiger partial charge in [-0.3, -0.25) is 4.79 Å². The molecular weight excluding hydrogens is 240 g/mol. The first-order valence-corrected chi connectivity index (χ1v) is 6.57. The Morgan fingerprint density at radius 1 is 1.42 bits per heavy atom. The average molecular weight is 264 g/mol. The maximum Gasteiger partial charge on any atom is 0.222 e. The van der Waals surface area contributed by atoms with Crippen LogP contribution in [0.15, 0.2) is 24.3 Å². The SMILES string of the molecule is COCC(C)CC(=O)N(C)Cc1cccc(CN)c1. The molecule has 2 N–H and O–H groups in total. The lowest BCUT2D eigenvalue weighted by atomic mass is 10.1. The molecule has 1 atom stereocenters. The van der Waals surface area contributed by atoms with Crippen molar-refractivity contribution in [3.05, 3.63) is 35.4 Å². The molecule has 106 valence electrons. The lowest BCUT2D eigenvalue weighted by molar-refractivity contribution is -0.131. The monoisotopic (exact) mass is 264 g/mol. The lowest BCUT2D eigenvalue weighted by Crippen LogP contribution is -2.28. The molecule has 1 aromatic rings. The van der Waals surface area contributed by atoms with E-state index in [9.17, 15) is 4.79 Å². The molecule has 0 aliphatic carbocycles. The topological polar surface area (TPSA) is 55.6 Å². The molecule has 19 heavy (non-hydrogen) atoms. The van der Waals surface area contributed by atoms with E-state index in [0.29, 0.717) is 26.1 Å². The Hall–Kier alpha value is -1.39. The third-order valence-electron chi connectivity index (χ3n) is 3.05. The van der Waals surface area contributed by atoms with Crippen LogP contribution in [0.3, 0.4) is 0 Å². The molecule has 0 saturated carbocycles. The summed E-state index contributed by atoms with van der Waals surface area (Å²) in [5.74, 6) is 0.387. The largest absolute Gasteiger partial charge is 0.384 e. The fourth-order valence-electron chi connectivity index (χ4n) is 2.01. The van der Waals surface area contributed by atoms with Gasteiger partial charge in [-0.25, -0.2) is 0 Å². The van der Waals surface area contributed by atoms with E-state index in [1.54, 1.807) is 12.0 Å². The highest BCUT2D eigenvalue weighted by Crippen LogP contribution is 2.10. The Morgan fingerprint density at radius 3 is 2.74 bits per heavy atom. The van der Waals surface area contributed by atoms with Gasteiger partial charge in [0, 0.05) is 40.3 Å². The first-order chi connectivity index (χ1) is 9.06. The average Bonchev–Trinajstić information content (AvgIpc) is 2.39. The van der Waals surface area contributed by atoms with Crippen molar-refractivity contribution in [3.63, 3.8) is 0 Å². The second-order valence-electron chi connectivity index (χ2n) is 5.04. The molecule has 0 bridgehead atoms. The van der Waals surface area contributed by atoms with Gasteiger partial charge in [0.2, 0.25) is 5.91 Å². The van der Waals surface area contributed by atoms with Gasteiger partial charge in [-0.2, -0.15) is 0 Å². The molecular formula is C15H24N2O2. The summed E-state index contributed by atoms with van der Waals surface area (Å²) in [6.07, 6.45) is 0.515. The second kappa shape index (κ2) is 7.92. The zero-order valence-electron chi connectivity index (χ0n) is 12.1. The number of rotatable bonds is 7. The Kier molecular flexibility index (Phi) is 6.53. The standard InChI is InChI=1S/C15H24N2O2/c1-12(11-19-3)7-15(18)17(2)10-14-6-4-5-13(8-14)9-16/h4-6,8,12H,7,9-11,16H2,1-3H3. The zero-order chi connectivity index (χ0) is 14.3. The van der Waals surface area contributed by atoms with Crippen molar-refractivity contribution < 1.29 is 9.53 Å². The van der Waals surface area contributed by atoms with Crippen LogP contribution >= 0.6 is 0 Å². The van der Waals surface area contributed by atoms with Crippen LogP contribution in [0.5, 0.6) is 0 Å². The van der Waals surface area contributed by atoms with Crippen LogP contribution in [-0.4, -0.2) is 31.6 Å². The number of methoxy groups -OCH3 is 1. The molecule has 4 nitrogen and oxygen atoms in total. The van der Waals surface area contributed by atoms with Crippen molar-refractivity contribution in [2.24, 2.45) is 11.7 Å². The fraction of sp³-hybridized carbons (Fsp3) is 0.533. The van der Waals surface area contributed by atoms with Crippen LogP contribution in [0.2, 0.25) is 0 Å². The highest BCUT2D eigenvalue weighted by Gasteiger charge is 2.13. The quantitative estimate of drug-likeness (QED) is 0.816. The Bertz CT molecular complexity index is 407. The summed E-state index contributed by atoms with van der Waals surface area (Å²) in [4.78, 5) is 13.8. The van der Waals surface area contributed by atoms with E-state index >= 15 is 0 Å². The number of amides is 1. The first kappa shape index (κ1) is 15.7. The van der Waals surface area contributed by atoms with Crippen LogP contribution < -0.4 is 5.73 Å². The van der Waals surface area contributed by atoms with Gasteiger partial charge in [0.25, 0.3) is 0 Å². The summed E-state index contributed by atoms with van der Waals surface area (Å²) in [7, 11) is 3.49. The minimum Gasteiger partial charge on any atom is -0.384 e. The summed E-state index contributed by atoms with van der Waals surface area (Å²) in [6, 6.07) is 8.03. The number of nitrogens with two attached hydrogens (primary N) is 1. The molecule has 1 aromatic carbocycles. The van der Waals surface area contributed by atoms with Gasteiger partial charge < -0.3 is 15.4 Å². The van der Waals surface area contributed by atoms with Crippen LogP contribution in [-0.2, 0) is 22.6 Å². The number of benzene rings is 1. The highest BCUT2D eigenvalue weighted by molar-refractivity contribution is 5.76. The van der Waals surface area contributed by atoms with Gasteiger partial charge in [0.05, 0.1) is 0 Å². The zero-order valence-corrected chi connectivity index (χ0v) is 12.1. The molecule has 1 amide bonds. The first-order valence-electron chi connectivity index (χ1n) is 6.57. The van der Waals surface area contributed by atoms with Gasteiger partial charge in [-0.15, -0.1) is 0 Å². The Morgan fingerprint density at radius 2 is 2.11 bits per heavy atom. The van der Waals surface area contributed by atoms with Crippen LogP contribution in [0, 0.1) is 5.92 Å². The number of nitrogens with zero attached hydrogens (tertiary/aromatic N) is 1. The molecule has 4 heteroatoms. The summed E-state index contributed by atoms with van der Waals surface area (Å²) in [5.41, 5.74) is 7.81. The smallest absolute Gasteiger partial charge is 0.222 e. The van der Waals surface area contributed by atoms with E-state index in [1.165, 1.54) is 0 Å². The minimum atomic E-state index is 0.141. The van der Waals surface area contributed by atoms with Crippen LogP contribution in [0.4, 0.5) is 0 Å². The molecule has 0 fully saturated rings. The van der Waals surface area contributed by atoms with Crippen LogP contribution in [0.25, 0.3) is 0 Å². The number of carbonyl (C=O) groups is 1. The fourth-order valence-corrected chi connectivity index (χ4v) is 2.01.